The van der Waals surface area contributed by atoms with Crippen LogP contribution in [0.5, 0.6) is 0 Å². The summed E-state index contributed by atoms with van der Waals surface area (Å²) in [6, 6.07) is 3.29. The van der Waals surface area contributed by atoms with Crippen LogP contribution in [-0.4, -0.2) is 32.9 Å². The van der Waals surface area contributed by atoms with E-state index in [2.05, 4.69) is 4.98 Å². The third-order valence-electron chi connectivity index (χ3n) is 4.27. The lowest BCUT2D eigenvalue weighted by molar-refractivity contribution is -0.135. The summed E-state index contributed by atoms with van der Waals surface area (Å²) in [4.78, 5) is 31.1. The largest absolute Gasteiger partial charge is 0.338 e. The highest BCUT2D eigenvalue weighted by atomic mass is 35.5. The van der Waals surface area contributed by atoms with Crippen LogP contribution >= 0.6 is 23.2 Å². The molecule has 1 aliphatic heterocycles. The number of piperidine rings is 1. The molecule has 0 saturated carbocycles. The van der Waals surface area contributed by atoms with Gasteiger partial charge in [-0.3, -0.25) is 14.2 Å². The van der Waals surface area contributed by atoms with E-state index >= 15 is 0 Å². The first-order valence-electron chi connectivity index (χ1n) is 7.61. The molecule has 2 aromatic rings. The second-order valence-corrected chi connectivity index (χ2v) is 6.74. The third kappa shape index (κ3) is 3.21. The highest BCUT2D eigenvalue weighted by molar-refractivity contribution is 6.38. The lowest BCUT2D eigenvalue weighted by Crippen LogP contribution is -2.44. The maximum atomic E-state index is 12.6. The molecule has 0 unspecified atom stereocenters. The van der Waals surface area contributed by atoms with Crippen LogP contribution in [0.25, 0.3) is 10.9 Å². The Balaban J connectivity index is 1.93. The topological polar surface area (TPSA) is 55.2 Å². The fourth-order valence-corrected chi connectivity index (χ4v) is 3.55. The Morgan fingerprint density at radius 2 is 2.13 bits per heavy atom. The standard InChI is InChI=1S/C16H17Cl2N3O2/c1-10-4-2-3-5-21(10)14(22)8-20-9-19-15-12(16(20)23)6-11(17)7-13(15)18/h6-7,9-10H,2-5,8H2,1H3/t10-/m1/s1. The van der Waals surface area contributed by atoms with Crippen molar-refractivity contribution in [1.29, 1.82) is 0 Å². The van der Waals surface area contributed by atoms with E-state index in [1.165, 1.54) is 17.0 Å². The van der Waals surface area contributed by atoms with Crippen molar-refractivity contribution in [3.05, 3.63) is 38.9 Å². The van der Waals surface area contributed by atoms with Crippen LogP contribution in [-0.2, 0) is 11.3 Å². The summed E-state index contributed by atoms with van der Waals surface area (Å²) < 4.78 is 1.32. The van der Waals surface area contributed by atoms with Crippen LogP contribution in [0.15, 0.2) is 23.3 Å². The smallest absolute Gasteiger partial charge is 0.261 e. The quantitative estimate of drug-likeness (QED) is 0.833. The fourth-order valence-electron chi connectivity index (χ4n) is 3.01. The lowest BCUT2D eigenvalue weighted by atomic mass is 10.0. The number of hydrogen-bond donors (Lipinski definition) is 0. The Kier molecular flexibility index (Phi) is 4.60. The number of carbonyl (C=O) groups excluding carboxylic acids is 1. The number of hydrogen-bond acceptors (Lipinski definition) is 3. The molecule has 122 valence electrons. The molecule has 2 heterocycles. The van der Waals surface area contributed by atoms with Gasteiger partial charge in [0.15, 0.2) is 0 Å². The molecule has 1 aliphatic rings. The van der Waals surface area contributed by atoms with E-state index in [0.717, 1.165) is 25.8 Å². The second kappa shape index (κ2) is 6.49. The summed E-state index contributed by atoms with van der Waals surface area (Å²) in [5.41, 5.74) is 0.0912. The molecule has 0 aliphatic carbocycles. The molecule has 0 radical (unpaired) electrons. The lowest BCUT2D eigenvalue weighted by Gasteiger charge is -2.33. The SMILES string of the molecule is C[C@@H]1CCCCN1C(=O)Cn1cnc2c(Cl)cc(Cl)cc2c1=O. The van der Waals surface area contributed by atoms with Gasteiger partial charge in [-0.15, -0.1) is 0 Å². The summed E-state index contributed by atoms with van der Waals surface area (Å²) in [5.74, 6) is -0.0615. The van der Waals surface area contributed by atoms with E-state index in [4.69, 9.17) is 23.2 Å². The predicted molar refractivity (Wildman–Crippen MR) is 91.0 cm³/mol. The van der Waals surface area contributed by atoms with Gasteiger partial charge in [-0.05, 0) is 38.3 Å². The second-order valence-electron chi connectivity index (χ2n) is 5.89. The van der Waals surface area contributed by atoms with Crippen molar-refractivity contribution in [3.8, 4) is 0 Å². The van der Waals surface area contributed by atoms with E-state index in [1.807, 2.05) is 11.8 Å². The highest BCUT2D eigenvalue weighted by Gasteiger charge is 2.23. The zero-order valence-corrected chi connectivity index (χ0v) is 14.3. The van der Waals surface area contributed by atoms with Crippen LogP contribution < -0.4 is 5.56 Å². The minimum absolute atomic E-state index is 0.0176. The molecule has 3 rings (SSSR count). The van der Waals surface area contributed by atoms with Crippen LogP contribution in [0, 0.1) is 0 Å². The molecule has 1 fully saturated rings. The van der Waals surface area contributed by atoms with Gasteiger partial charge < -0.3 is 4.90 Å². The molecule has 1 amide bonds. The average Bonchev–Trinajstić information content (AvgIpc) is 2.51. The van der Waals surface area contributed by atoms with Crippen LogP contribution in [0.4, 0.5) is 0 Å². The molecule has 1 aromatic carbocycles. The maximum absolute atomic E-state index is 12.6. The number of halogens is 2. The van der Waals surface area contributed by atoms with Crippen molar-refractivity contribution in [3.63, 3.8) is 0 Å². The number of carbonyl (C=O) groups is 1. The molecule has 5 nitrogen and oxygen atoms in total. The zero-order chi connectivity index (χ0) is 16.6. The normalized spacial score (nSPS) is 18.4. The Morgan fingerprint density at radius 1 is 1.35 bits per heavy atom. The van der Waals surface area contributed by atoms with Crippen molar-refractivity contribution in [2.45, 2.75) is 38.8 Å². The van der Waals surface area contributed by atoms with E-state index in [0.29, 0.717) is 20.9 Å². The highest BCUT2D eigenvalue weighted by Crippen LogP contribution is 2.24. The Labute approximate surface area is 143 Å². The Hall–Kier alpha value is -1.59. The van der Waals surface area contributed by atoms with Gasteiger partial charge in [0.2, 0.25) is 5.91 Å². The molecule has 1 saturated heterocycles. The number of aromatic nitrogens is 2. The first-order valence-corrected chi connectivity index (χ1v) is 8.36. The first-order chi connectivity index (χ1) is 11.0. The summed E-state index contributed by atoms with van der Waals surface area (Å²) in [5, 5.41) is 1.02. The molecule has 0 bridgehead atoms. The van der Waals surface area contributed by atoms with Crippen molar-refractivity contribution < 1.29 is 4.79 Å². The van der Waals surface area contributed by atoms with E-state index < -0.39 is 0 Å². The average molecular weight is 354 g/mol. The summed E-state index contributed by atoms with van der Waals surface area (Å²) in [7, 11) is 0. The molecule has 23 heavy (non-hydrogen) atoms. The van der Waals surface area contributed by atoms with E-state index in [1.54, 1.807) is 6.07 Å². The molecule has 0 N–H and O–H groups in total. The number of rotatable bonds is 2. The number of benzene rings is 1. The Morgan fingerprint density at radius 3 is 2.87 bits per heavy atom. The summed E-state index contributed by atoms with van der Waals surface area (Å²) in [6.45, 7) is 2.77. The van der Waals surface area contributed by atoms with Gasteiger partial charge in [0.05, 0.1) is 22.3 Å². The predicted octanol–water partition coefficient (Wildman–Crippen LogP) is 3.10. The van der Waals surface area contributed by atoms with E-state index in [9.17, 15) is 9.59 Å². The van der Waals surface area contributed by atoms with Crippen molar-refractivity contribution in [2.75, 3.05) is 6.54 Å². The number of fused-ring (bicyclic) bond motifs is 1. The van der Waals surface area contributed by atoms with Gasteiger partial charge in [0, 0.05) is 17.6 Å². The van der Waals surface area contributed by atoms with Crippen LogP contribution in [0.1, 0.15) is 26.2 Å². The van der Waals surface area contributed by atoms with Crippen LogP contribution in [0.2, 0.25) is 10.0 Å². The molecular weight excluding hydrogens is 337 g/mol. The fraction of sp³-hybridized carbons (Fsp3) is 0.438. The minimum atomic E-state index is -0.308. The number of nitrogens with zero attached hydrogens (tertiary/aromatic N) is 3. The molecule has 1 aromatic heterocycles. The van der Waals surface area contributed by atoms with Gasteiger partial charge in [-0.25, -0.2) is 4.98 Å². The molecule has 1 atom stereocenters. The Bertz CT molecular complexity index is 819. The van der Waals surface area contributed by atoms with Gasteiger partial charge in [0.25, 0.3) is 5.56 Å². The summed E-state index contributed by atoms with van der Waals surface area (Å²) in [6.07, 6.45) is 4.52. The summed E-state index contributed by atoms with van der Waals surface area (Å²) >= 11 is 12.0. The van der Waals surface area contributed by atoms with Crippen LogP contribution in [0.3, 0.4) is 0 Å². The van der Waals surface area contributed by atoms with Crippen molar-refractivity contribution >= 4 is 40.0 Å². The number of likely N-dealkylation sites (tertiary alicyclic amines) is 1. The molecule has 0 spiro atoms. The van der Waals surface area contributed by atoms with Gasteiger partial charge in [-0.1, -0.05) is 23.2 Å². The maximum Gasteiger partial charge on any atom is 0.261 e. The molecular formula is C16H17Cl2N3O2. The van der Waals surface area contributed by atoms with Crippen molar-refractivity contribution in [1.82, 2.24) is 14.5 Å². The molecule has 7 heteroatoms. The van der Waals surface area contributed by atoms with Gasteiger partial charge in [-0.2, -0.15) is 0 Å². The van der Waals surface area contributed by atoms with Gasteiger partial charge in [0.1, 0.15) is 6.54 Å². The van der Waals surface area contributed by atoms with E-state index in [-0.39, 0.29) is 24.1 Å². The van der Waals surface area contributed by atoms with Crippen molar-refractivity contribution in [2.24, 2.45) is 0 Å². The zero-order valence-electron chi connectivity index (χ0n) is 12.8. The monoisotopic (exact) mass is 353 g/mol. The third-order valence-corrected chi connectivity index (χ3v) is 4.78. The number of amides is 1. The minimum Gasteiger partial charge on any atom is -0.338 e. The van der Waals surface area contributed by atoms with Gasteiger partial charge >= 0.3 is 0 Å². The first kappa shape index (κ1) is 16.3.